The van der Waals surface area contributed by atoms with E-state index < -0.39 is 0 Å². The minimum absolute atomic E-state index is 0.181. The molecule has 0 fully saturated rings. The standard InChI is InChI=1S/C23H32N2O3S/c1-17(2)25(18(3)4)13-7-14-28-22-16-19(9-11-21(22)27-5)24-23(26)12-10-20-8-6-15-29-20/h6,8-12,15-18H,7,13-14H2,1-5H3,(H,24,26). The molecular formula is C23H32N2O3S. The van der Waals surface area contributed by atoms with Gasteiger partial charge in [-0.15, -0.1) is 11.3 Å². The zero-order valence-electron chi connectivity index (χ0n) is 18.0. The van der Waals surface area contributed by atoms with E-state index in [2.05, 4.69) is 37.9 Å². The maximum absolute atomic E-state index is 12.2. The zero-order valence-corrected chi connectivity index (χ0v) is 18.8. The molecule has 0 aliphatic heterocycles. The number of hydrogen-bond donors (Lipinski definition) is 1. The zero-order chi connectivity index (χ0) is 21.2. The van der Waals surface area contributed by atoms with Gasteiger partial charge in [-0.25, -0.2) is 0 Å². The lowest BCUT2D eigenvalue weighted by Crippen LogP contribution is -2.38. The quantitative estimate of drug-likeness (QED) is 0.399. The van der Waals surface area contributed by atoms with E-state index in [1.165, 1.54) is 6.08 Å². The predicted molar refractivity (Wildman–Crippen MR) is 122 cm³/mol. The molecule has 2 rings (SSSR count). The largest absolute Gasteiger partial charge is 0.493 e. The number of benzene rings is 1. The molecule has 0 radical (unpaired) electrons. The van der Waals surface area contributed by atoms with Crippen molar-refractivity contribution in [3.8, 4) is 11.5 Å². The van der Waals surface area contributed by atoms with Crippen LogP contribution >= 0.6 is 11.3 Å². The molecule has 0 atom stereocenters. The van der Waals surface area contributed by atoms with Crippen LogP contribution in [0.5, 0.6) is 11.5 Å². The van der Waals surface area contributed by atoms with Crippen LogP contribution in [-0.4, -0.2) is 43.2 Å². The van der Waals surface area contributed by atoms with Crippen molar-refractivity contribution in [2.24, 2.45) is 0 Å². The second-order valence-corrected chi connectivity index (χ2v) is 8.31. The van der Waals surface area contributed by atoms with E-state index in [0.717, 1.165) is 17.8 Å². The molecule has 5 nitrogen and oxygen atoms in total. The average molecular weight is 417 g/mol. The van der Waals surface area contributed by atoms with Gasteiger partial charge in [0.1, 0.15) is 0 Å². The van der Waals surface area contributed by atoms with Crippen molar-refractivity contribution in [1.82, 2.24) is 4.90 Å². The van der Waals surface area contributed by atoms with E-state index in [0.29, 0.717) is 35.9 Å². The Labute approximate surface area is 178 Å². The summed E-state index contributed by atoms with van der Waals surface area (Å²) in [6, 6.07) is 10.4. The molecule has 1 heterocycles. The smallest absolute Gasteiger partial charge is 0.248 e. The summed E-state index contributed by atoms with van der Waals surface area (Å²) in [4.78, 5) is 15.6. The van der Waals surface area contributed by atoms with Crippen molar-refractivity contribution in [1.29, 1.82) is 0 Å². The monoisotopic (exact) mass is 416 g/mol. The van der Waals surface area contributed by atoms with Crippen molar-refractivity contribution in [2.75, 3.05) is 25.6 Å². The predicted octanol–water partition coefficient (Wildman–Crippen LogP) is 5.30. The van der Waals surface area contributed by atoms with Crippen LogP contribution in [0.4, 0.5) is 5.69 Å². The summed E-state index contributed by atoms with van der Waals surface area (Å²) < 4.78 is 11.4. The highest BCUT2D eigenvalue weighted by Gasteiger charge is 2.13. The van der Waals surface area contributed by atoms with E-state index in [1.807, 2.05) is 29.6 Å². The Morgan fingerprint density at radius 2 is 1.93 bits per heavy atom. The van der Waals surface area contributed by atoms with E-state index in [1.54, 1.807) is 30.6 Å². The molecule has 6 heteroatoms. The molecule has 2 aromatic rings. The van der Waals surface area contributed by atoms with E-state index >= 15 is 0 Å². The van der Waals surface area contributed by atoms with Gasteiger partial charge in [0.05, 0.1) is 13.7 Å². The fourth-order valence-corrected chi connectivity index (χ4v) is 3.76. The average Bonchev–Trinajstić information content (AvgIpc) is 3.19. The summed E-state index contributed by atoms with van der Waals surface area (Å²) in [6.45, 7) is 10.4. The van der Waals surface area contributed by atoms with Crippen LogP contribution in [0.25, 0.3) is 6.08 Å². The number of hydrogen-bond acceptors (Lipinski definition) is 5. The molecule has 0 saturated heterocycles. The van der Waals surface area contributed by atoms with Crippen molar-refractivity contribution in [2.45, 2.75) is 46.2 Å². The summed E-state index contributed by atoms with van der Waals surface area (Å²) in [7, 11) is 1.61. The Hall–Kier alpha value is -2.31. The second-order valence-electron chi connectivity index (χ2n) is 7.33. The number of anilines is 1. The highest BCUT2D eigenvalue weighted by Crippen LogP contribution is 2.30. The Balaban J connectivity index is 1.93. The highest BCUT2D eigenvalue weighted by molar-refractivity contribution is 7.10. The molecule has 0 unspecified atom stereocenters. The van der Waals surface area contributed by atoms with E-state index in [9.17, 15) is 4.79 Å². The molecular weight excluding hydrogens is 384 g/mol. The van der Waals surface area contributed by atoms with Gasteiger partial charge in [-0.3, -0.25) is 9.69 Å². The van der Waals surface area contributed by atoms with Gasteiger partial charge in [-0.1, -0.05) is 6.07 Å². The van der Waals surface area contributed by atoms with Crippen LogP contribution in [0, 0.1) is 0 Å². The van der Waals surface area contributed by atoms with Crippen LogP contribution in [0.15, 0.2) is 41.8 Å². The van der Waals surface area contributed by atoms with Gasteiger partial charge in [-0.2, -0.15) is 0 Å². The number of nitrogens with zero attached hydrogens (tertiary/aromatic N) is 1. The Kier molecular flexibility index (Phi) is 9.22. The fourth-order valence-electron chi connectivity index (χ4n) is 3.14. The lowest BCUT2D eigenvalue weighted by molar-refractivity contribution is -0.111. The fraction of sp³-hybridized carbons (Fsp3) is 0.435. The van der Waals surface area contributed by atoms with Gasteiger partial charge in [-0.05, 0) is 63.8 Å². The molecule has 0 bridgehead atoms. The maximum atomic E-state index is 12.2. The number of carbonyl (C=O) groups is 1. The normalized spacial score (nSPS) is 11.6. The number of nitrogens with one attached hydrogen (secondary N) is 1. The third-order valence-electron chi connectivity index (χ3n) is 4.52. The van der Waals surface area contributed by atoms with Gasteiger partial charge in [0.2, 0.25) is 5.91 Å². The number of methoxy groups -OCH3 is 1. The number of rotatable bonds is 11. The van der Waals surface area contributed by atoms with Crippen LogP contribution in [0.1, 0.15) is 39.0 Å². The molecule has 1 N–H and O–H groups in total. The van der Waals surface area contributed by atoms with Crippen LogP contribution in [0.2, 0.25) is 0 Å². The van der Waals surface area contributed by atoms with Gasteiger partial charge < -0.3 is 14.8 Å². The molecule has 29 heavy (non-hydrogen) atoms. The maximum Gasteiger partial charge on any atom is 0.248 e. The van der Waals surface area contributed by atoms with Crippen molar-refractivity contribution in [3.63, 3.8) is 0 Å². The van der Waals surface area contributed by atoms with Gasteiger partial charge in [0.15, 0.2) is 11.5 Å². The first-order valence-electron chi connectivity index (χ1n) is 10.00. The van der Waals surface area contributed by atoms with Crippen LogP contribution in [0.3, 0.4) is 0 Å². The van der Waals surface area contributed by atoms with Crippen LogP contribution in [-0.2, 0) is 4.79 Å². The lowest BCUT2D eigenvalue weighted by Gasteiger charge is -2.30. The second kappa shape index (κ2) is 11.6. The summed E-state index contributed by atoms with van der Waals surface area (Å²) in [5, 5.41) is 4.85. The van der Waals surface area contributed by atoms with Crippen molar-refractivity contribution < 1.29 is 14.3 Å². The van der Waals surface area contributed by atoms with Gasteiger partial charge in [0.25, 0.3) is 0 Å². The van der Waals surface area contributed by atoms with Crippen molar-refractivity contribution in [3.05, 3.63) is 46.7 Å². The molecule has 0 aliphatic rings. The molecule has 0 aliphatic carbocycles. The summed E-state index contributed by atoms with van der Waals surface area (Å²) in [6.07, 6.45) is 4.25. The molecule has 1 aromatic heterocycles. The summed E-state index contributed by atoms with van der Waals surface area (Å²) >= 11 is 1.59. The molecule has 0 saturated carbocycles. The van der Waals surface area contributed by atoms with E-state index in [4.69, 9.17) is 9.47 Å². The first-order valence-corrected chi connectivity index (χ1v) is 10.9. The molecule has 158 valence electrons. The first kappa shape index (κ1) is 23.0. The Bertz CT molecular complexity index is 777. The third kappa shape index (κ3) is 7.55. The number of carbonyl (C=O) groups excluding carboxylic acids is 1. The number of amides is 1. The Morgan fingerprint density at radius 3 is 2.55 bits per heavy atom. The van der Waals surface area contributed by atoms with Gasteiger partial charge in [0, 0.05) is 41.3 Å². The number of thiophene rings is 1. The lowest BCUT2D eigenvalue weighted by atomic mass is 10.2. The highest BCUT2D eigenvalue weighted by atomic mass is 32.1. The SMILES string of the molecule is COc1ccc(NC(=O)C=Cc2cccs2)cc1OCCCN(C(C)C)C(C)C. The first-order chi connectivity index (χ1) is 13.9. The summed E-state index contributed by atoms with van der Waals surface area (Å²) in [5.74, 6) is 1.11. The third-order valence-corrected chi connectivity index (χ3v) is 5.36. The number of ether oxygens (including phenoxy) is 2. The van der Waals surface area contributed by atoms with Crippen LogP contribution < -0.4 is 14.8 Å². The Morgan fingerprint density at radius 1 is 1.17 bits per heavy atom. The van der Waals surface area contributed by atoms with Crippen molar-refractivity contribution >= 4 is 29.0 Å². The topological polar surface area (TPSA) is 50.8 Å². The van der Waals surface area contributed by atoms with Gasteiger partial charge >= 0.3 is 0 Å². The molecule has 0 spiro atoms. The minimum atomic E-state index is -0.181. The molecule has 1 amide bonds. The molecule has 1 aromatic carbocycles. The summed E-state index contributed by atoms with van der Waals surface area (Å²) in [5.41, 5.74) is 0.674. The van der Waals surface area contributed by atoms with E-state index in [-0.39, 0.29) is 5.91 Å². The minimum Gasteiger partial charge on any atom is -0.493 e.